The first-order valence-corrected chi connectivity index (χ1v) is 5.41. The molecule has 0 fully saturated rings. The van der Waals surface area contributed by atoms with Gasteiger partial charge in [0, 0.05) is 0 Å². The van der Waals surface area contributed by atoms with Crippen LogP contribution in [0.4, 0.5) is 23.7 Å². The number of nitrogens with one attached hydrogen (secondary N) is 1. The molecular weight excluding hydrogens is 294 g/mol. The SMILES string of the molecule is Cc1ccc(Cl)c(NC(=O)OCC(F)(F)F)c1Cl. The van der Waals surface area contributed by atoms with Crippen LogP contribution in [-0.4, -0.2) is 18.9 Å². The van der Waals surface area contributed by atoms with Crippen LogP contribution in [-0.2, 0) is 4.74 Å². The van der Waals surface area contributed by atoms with Crippen LogP contribution in [0.25, 0.3) is 0 Å². The number of aryl methyl sites for hydroxylation is 1. The molecule has 0 atom stereocenters. The molecule has 0 bridgehead atoms. The molecule has 18 heavy (non-hydrogen) atoms. The summed E-state index contributed by atoms with van der Waals surface area (Å²) in [4.78, 5) is 11.1. The summed E-state index contributed by atoms with van der Waals surface area (Å²) in [5, 5.41) is 2.32. The van der Waals surface area contributed by atoms with Gasteiger partial charge in [0.2, 0.25) is 0 Å². The standard InChI is InChI=1S/C10H8Cl2F3NO2/c1-5-2-3-6(11)8(7(5)12)16-9(17)18-4-10(13,14)15/h2-3H,4H2,1H3,(H,16,17). The molecule has 0 aliphatic rings. The molecule has 1 rings (SSSR count). The number of hydrogen-bond acceptors (Lipinski definition) is 2. The smallest absolute Gasteiger partial charge is 0.422 e. The summed E-state index contributed by atoms with van der Waals surface area (Å²) in [6.45, 7) is -0.0230. The van der Waals surface area contributed by atoms with Gasteiger partial charge in [0.05, 0.1) is 15.7 Å². The zero-order valence-corrected chi connectivity index (χ0v) is 10.6. The monoisotopic (exact) mass is 301 g/mol. The van der Waals surface area contributed by atoms with E-state index in [1.165, 1.54) is 6.07 Å². The molecule has 100 valence electrons. The van der Waals surface area contributed by atoms with E-state index in [1.54, 1.807) is 13.0 Å². The van der Waals surface area contributed by atoms with Gasteiger partial charge in [-0.05, 0) is 18.6 Å². The third-order valence-corrected chi connectivity index (χ3v) is 2.68. The number of anilines is 1. The van der Waals surface area contributed by atoms with Crippen molar-refractivity contribution in [2.45, 2.75) is 13.1 Å². The molecular formula is C10H8Cl2F3NO2. The van der Waals surface area contributed by atoms with Crippen LogP contribution in [0.3, 0.4) is 0 Å². The molecule has 0 aliphatic carbocycles. The van der Waals surface area contributed by atoms with Gasteiger partial charge in [-0.25, -0.2) is 4.79 Å². The summed E-state index contributed by atoms with van der Waals surface area (Å²) in [6, 6.07) is 3.07. The van der Waals surface area contributed by atoms with E-state index >= 15 is 0 Å². The van der Waals surface area contributed by atoms with Gasteiger partial charge in [-0.2, -0.15) is 13.2 Å². The minimum Gasteiger partial charge on any atom is -0.440 e. The van der Waals surface area contributed by atoms with Gasteiger partial charge in [0.1, 0.15) is 0 Å². The Hall–Kier alpha value is -1.14. The van der Waals surface area contributed by atoms with E-state index < -0.39 is 18.9 Å². The molecule has 0 radical (unpaired) electrons. The van der Waals surface area contributed by atoms with Crippen molar-refractivity contribution in [3.8, 4) is 0 Å². The van der Waals surface area contributed by atoms with Gasteiger partial charge in [-0.3, -0.25) is 5.32 Å². The number of rotatable bonds is 2. The largest absolute Gasteiger partial charge is 0.440 e. The van der Waals surface area contributed by atoms with Crippen molar-refractivity contribution in [3.05, 3.63) is 27.7 Å². The van der Waals surface area contributed by atoms with Gasteiger partial charge in [-0.15, -0.1) is 0 Å². The Morgan fingerprint density at radius 2 is 2.00 bits per heavy atom. The second-order valence-corrected chi connectivity index (χ2v) is 4.15. The van der Waals surface area contributed by atoms with Gasteiger partial charge < -0.3 is 4.74 Å². The summed E-state index contributed by atoms with van der Waals surface area (Å²) >= 11 is 11.6. The number of benzene rings is 1. The Kier molecular flexibility index (Phi) is 4.70. The quantitative estimate of drug-likeness (QED) is 0.878. The molecule has 3 nitrogen and oxygen atoms in total. The molecule has 0 aliphatic heterocycles. The normalized spacial score (nSPS) is 11.2. The number of amides is 1. The summed E-state index contributed by atoms with van der Waals surface area (Å²) in [7, 11) is 0. The van der Waals surface area contributed by atoms with E-state index in [4.69, 9.17) is 23.2 Å². The van der Waals surface area contributed by atoms with Crippen LogP contribution in [0.15, 0.2) is 12.1 Å². The van der Waals surface area contributed by atoms with E-state index in [2.05, 4.69) is 10.1 Å². The lowest BCUT2D eigenvalue weighted by atomic mass is 10.2. The predicted molar refractivity (Wildman–Crippen MR) is 62.2 cm³/mol. The zero-order valence-electron chi connectivity index (χ0n) is 9.07. The highest BCUT2D eigenvalue weighted by molar-refractivity contribution is 6.40. The van der Waals surface area contributed by atoms with Crippen LogP contribution in [0, 0.1) is 6.92 Å². The van der Waals surface area contributed by atoms with Crippen molar-refractivity contribution in [1.29, 1.82) is 0 Å². The molecule has 8 heteroatoms. The molecule has 0 spiro atoms. The Balaban J connectivity index is 2.74. The topological polar surface area (TPSA) is 38.3 Å². The number of hydrogen-bond donors (Lipinski definition) is 1. The highest BCUT2D eigenvalue weighted by Gasteiger charge is 2.29. The maximum Gasteiger partial charge on any atom is 0.422 e. The molecule has 0 aromatic heterocycles. The van der Waals surface area contributed by atoms with Crippen molar-refractivity contribution < 1.29 is 22.7 Å². The third-order valence-electron chi connectivity index (χ3n) is 1.88. The van der Waals surface area contributed by atoms with Crippen molar-refractivity contribution in [1.82, 2.24) is 0 Å². The van der Waals surface area contributed by atoms with Gasteiger partial charge >= 0.3 is 12.3 Å². The maximum atomic E-state index is 11.8. The minimum atomic E-state index is -4.59. The second kappa shape index (κ2) is 5.67. The first kappa shape index (κ1) is 14.9. The Morgan fingerprint density at radius 3 is 2.56 bits per heavy atom. The van der Waals surface area contributed by atoms with Gasteiger partial charge in [0.25, 0.3) is 0 Å². The lowest BCUT2D eigenvalue weighted by Gasteiger charge is -2.12. The van der Waals surface area contributed by atoms with Gasteiger partial charge in [0.15, 0.2) is 6.61 Å². The molecule has 0 saturated heterocycles. The first-order chi connectivity index (χ1) is 8.20. The van der Waals surface area contributed by atoms with Crippen LogP contribution < -0.4 is 5.32 Å². The lowest BCUT2D eigenvalue weighted by molar-refractivity contribution is -0.159. The van der Waals surface area contributed by atoms with Gasteiger partial charge in [-0.1, -0.05) is 29.3 Å². The number of carbonyl (C=O) groups excluding carboxylic acids is 1. The zero-order chi connectivity index (χ0) is 13.9. The molecule has 0 saturated carbocycles. The Morgan fingerprint density at radius 1 is 1.39 bits per heavy atom. The third kappa shape index (κ3) is 4.27. The fourth-order valence-corrected chi connectivity index (χ4v) is 1.52. The van der Waals surface area contributed by atoms with E-state index in [9.17, 15) is 18.0 Å². The highest BCUT2D eigenvalue weighted by Crippen LogP contribution is 2.33. The summed E-state index contributed by atoms with van der Waals surface area (Å²) in [6.07, 6.45) is -5.86. The first-order valence-electron chi connectivity index (χ1n) is 4.66. The highest BCUT2D eigenvalue weighted by atomic mass is 35.5. The van der Waals surface area contributed by atoms with E-state index in [0.717, 1.165) is 0 Å². The summed E-state index contributed by atoms with van der Waals surface area (Å²) in [5.74, 6) is 0. The lowest BCUT2D eigenvalue weighted by Crippen LogP contribution is -2.23. The Bertz CT molecular complexity index is 463. The number of halogens is 5. The fourth-order valence-electron chi connectivity index (χ4n) is 1.06. The molecule has 1 aromatic carbocycles. The summed E-state index contributed by atoms with van der Waals surface area (Å²) < 4.78 is 39.4. The van der Waals surface area contributed by atoms with Crippen molar-refractivity contribution in [2.24, 2.45) is 0 Å². The number of carbonyl (C=O) groups is 1. The molecule has 1 amide bonds. The van der Waals surface area contributed by atoms with Crippen LogP contribution in [0.2, 0.25) is 10.0 Å². The maximum absolute atomic E-state index is 11.8. The average Bonchev–Trinajstić information content (AvgIpc) is 2.26. The van der Waals surface area contributed by atoms with E-state index in [1.807, 2.05) is 0 Å². The van der Waals surface area contributed by atoms with Crippen molar-refractivity contribution >= 4 is 35.0 Å². The fraction of sp³-hybridized carbons (Fsp3) is 0.300. The van der Waals surface area contributed by atoms with E-state index in [-0.39, 0.29) is 15.7 Å². The summed E-state index contributed by atoms with van der Waals surface area (Å²) in [5.41, 5.74) is 0.637. The minimum absolute atomic E-state index is 0.0190. The molecule has 0 heterocycles. The number of ether oxygens (including phenoxy) is 1. The number of alkyl halides is 3. The average molecular weight is 302 g/mol. The van der Waals surface area contributed by atoms with Crippen LogP contribution >= 0.6 is 23.2 Å². The molecule has 0 unspecified atom stereocenters. The van der Waals surface area contributed by atoms with Crippen LogP contribution in [0.1, 0.15) is 5.56 Å². The van der Waals surface area contributed by atoms with Crippen molar-refractivity contribution in [3.63, 3.8) is 0 Å². The predicted octanol–water partition coefficient (Wildman–Crippen LogP) is 4.41. The second-order valence-electron chi connectivity index (χ2n) is 3.37. The Labute approximate surface area is 111 Å². The molecule has 1 aromatic rings. The van der Waals surface area contributed by atoms with E-state index in [0.29, 0.717) is 5.56 Å². The van der Waals surface area contributed by atoms with Crippen molar-refractivity contribution in [2.75, 3.05) is 11.9 Å². The molecule has 1 N–H and O–H groups in total. The van der Waals surface area contributed by atoms with Crippen LogP contribution in [0.5, 0.6) is 0 Å².